The molecule has 1 fully saturated rings. The van der Waals surface area contributed by atoms with Crippen molar-refractivity contribution in [1.29, 1.82) is 0 Å². The molecule has 0 radical (unpaired) electrons. The van der Waals surface area contributed by atoms with Crippen molar-refractivity contribution in [1.82, 2.24) is 10.3 Å². The molecule has 0 unspecified atom stereocenters. The van der Waals surface area contributed by atoms with Crippen LogP contribution in [-0.4, -0.2) is 22.7 Å². The van der Waals surface area contributed by atoms with E-state index in [4.69, 9.17) is 0 Å². The van der Waals surface area contributed by atoms with Crippen LogP contribution in [0.1, 0.15) is 28.9 Å². The molecule has 0 bridgehead atoms. The number of nitrogens with zero attached hydrogens (tertiary/aromatic N) is 1. The lowest BCUT2D eigenvalue weighted by Crippen LogP contribution is -2.38. The van der Waals surface area contributed by atoms with Crippen LogP contribution in [0.2, 0.25) is 0 Å². The molecule has 20 heavy (non-hydrogen) atoms. The summed E-state index contributed by atoms with van der Waals surface area (Å²) >= 11 is 3.09. The number of hydrogen-bond donors (Lipinski definition) is 1. The molecule has 1 heterocycles. The third-order valence-electron chi connectivity index (χ3n) is 3.51. The second-order valence-corrected chi connectivity index (χ2v) is 7.01. The van der Waals surface area contributed by atoms with Crippen LogP contribution in [0.3, 0.4) is 0 Å². The van der Waals surface area contributed by atoms with E-state index in [1.54, 1.807) is 11.8 Å². The quantitative estimate of drug-likeness (QED) is 0.861. The molecule has 1 aromatic carbocycles. The van der Waals surface area contributed by atoms with Gasteiger partial charge < -0.3 is 5.32 Å². The Morgan fingerprint density at radius 1 is 1.40 bits per heavy atom. The Balaban J connectivity index is 1.66. The summed E-state index contributed by atoms with van der Waals surface area (Å²) in [5.74, 6) is -0.0463. The number of amides is 1. The van der Waals surface area contributed by atoms with Crippen LogP contribution in [0.4, 0.5) is 0 Å². The number of rotatable bonds is 5. The minimum atomic E-state index is -0.0540. The summed E-state index contributed by atoms with van der Waals surface area (Å²) in [7, 11) is 0. The fraction of sp³-hybridized carbons (Fsp3) is 0.333. The summed E-state index contributed by atoms with van der Waals surface area (Å²) in [6.07, 6.45) is 4.97. The van der Waals surface area contributed by atoms with Gasteiger partial charge in [-0.05, 0) is 31.1 Å². The monoisotopic (exact) mass is 304 g/mol. The average Bonchev–Trinajstić information content (AvgIpc) is 3.04. The number of thiazole rings is 1. The molecule has 5 heteroatoms. The van der Waals surface area contributed by atoms with E-state index in [-0.39, 0.29) is 11.4 Å². The van der Waals surface area contributed by atoms with Crippen molar-refractivity contribution in [3.8, 4) is 0 Å². The molecular formula is C15H16N2OS2. The highest BCUT2D eigenvalue weighted by Gasteiger charge is 2.44. The van der Waals surface area contributed by atoms with E-state index < -0.39 is 0 Å². The maximum absolute atomic E-state index is 12.2. The predicted molar refractivity (Wildman–Crippen MR) is 83.5 cm³/mol. The molecule has 1 N–H and O–H groups in total. The van der Waals surface area contributed by atoms with E-state index in [1.165, 1.54) is 16.9 Å². The lowest BCUT2D eigenvalue weighted by Gasteiger charge is -2.16. The number of nitrogens with one attached hydrogen (secondary N) is 1. The molecule has 1 amide bonds. The third-order valence-corrected chi connectivity index (χ3v) is 5.37. The molecule has 3 rings (SSSR count). The van der Waals surface area contributed by atoms with Crippen molar-refractivity contribution in [2.75, 3.05) is 6.26 Å². The first-order chi connectivity index (χ1) is 9.71. The van der Waals surface area contributed by atoms with Gasteiger partial charge in [-0.15, -0.1) is 11.3 Å². The van der Waals surface area contributed by atoms with Gasteiger partial charge in [0.2, 0.25) is 0 Å². The summed E-state index contributed by atoms with van der Waals surface area (Å²) in [5, 5.41) is 5.00. The van der Waals surface area contributed by atoms with E-state index in [9.17, 15) is 4.79 Å². The Bertz CT molecular complexity index is 605. The summed E-state index contributed by atoms with van der Waals surface area (Å²) in [6.45, 7) is 0. The Kier molecular flexibility index (Phi) is 3.81. The molecule has 0 spiro atoms. The van der Waals surface area contributed by atoms with Crippen molar-refractivity contribution in [2.45, 2.75) is 29.1 Å². The highest BCUT2D eigenvalue weighted by Crippen LogP contribution is 2.39. The Hall–Kier alpha value is -1.33. The summed E-state index contributed by atoms with van der Waals surface area (Å²) in [5.41, 5.74) is 1.76. The van der Waals surface area contributed by atoms with Crippen LogP contribution in [-0.2, 0) is 6.42 Å². The molecule has 3 nitrogen and oxygen atoms in total. The van der Waals surface area contributed by atoms with Gasteiger partial charge in [0.05, 0.1) is 0 Å². The zero-order valence-corrected chi connectivity index (χ0v) is 12.9. The topological polar surface area (TPSA) is 42.0 Å². The van der Waals surface area contributed by atoms with E-state index >= 15 is 0 Å². The van der Waals surface area contributed by atoms with Gasteiger partial charge in [0, 0.05) is 10.9 Å². The Labute approximate surface area is 126 Å². The zero-order chi connectivity index (χ0) is 14.0. The summed E-state index contributed by atoms with van der Waals surface area (Å²) < 4.78 is 0.933. The van der Waals surface area contributed by atoms with Crippen molar-refractivity contribution in [2.24, 2.45) is 0 Å². The van der Waals surface area contributed by atoms with Crippen LogP contribution in [0.5, 0.6) is 0 Å². The second kappa shape index (κ2) is 5.58. The van der Waals surface area contributed by atoms with Gasteiger partial charge in [0.15, 0.2) is 0 Å². The van der Waals surface area contributed by atoms with E-state index in [0.717, 1.165) is 23.6 Å². The molecule has 1 aromatic heterocycles. The second-order valence-electron chi connectivity index (χ2n) is 5.10. The summed E-state index contributed by atoms with van der Waals surface area (Å²) in [6, 6.07) is 10.3. The third kappa shape index (κ3) is 3.04. The molecule has 0 aliphatic heterocycles. The number of aromatic nitrogens is 1. The van der Waals surface area contributed by atoms with Crippen molar-refractivity contribution < 1.29 is 4.79 Å². The van der Waals surface area contributed by atoms with Gasteiger partial charge in [0.1, 0.15) is 10.0 Å². The van der Waals surface area contributed by atoms with Gasteiger partial charge >= 0.3 is 0 Å². The lowest BCUT2D eigenvalue weighted by molar-refractivity contribution is 0.0926. The van der Waals surface area contributed by atoms with Crippen molar-refractivity contribution in [3.05, 3.63) is 47.0 Å². The maximum Gasteiger partial charge on any atom is 0.271 e. The van der Waals surface area contributed by atoms with Crippen LogP contribution < -0.4 is 5.32 Å². The van der Waals surface area contributed by atoms with Crippen LogP contribution >= 0.6 is 23.1 Å². The molecule has 104 valence electrons. The van der Waals surface area contributed by atoms with Crippen LogP contribution in [0.25, 0.3) is 0 Å². The fourth-order valence-electron chi connectivity index (χ4n) is 2.24. The average molecular weight is 304 g/mol. The SMILES string of the molecule is CSc1nc(C(=O)NC2(Cc3ccccc3)CC2)cs1. The zero-order valence-electron chi connectivity index (χ0n) is 11.3. The van der Waals surface area contributed by atoms with E-state index in [2.05, 4.69) is 22.4 Å². The molecule has 0 saturated heterocycles. The number of thioether (sulfide) groups is 1. The predicted octanol–water partition coefficient (Wildman–Crippen LogP) is 3.37. The van der Waals surface area contributed by atoms with Crippen molar-refractivity contribution in [3.63, 3.8) is 0 Å². The molecular weight excluding hydrogens is 288 g/mol. The fourth-order valence-corrected chi connectivity index (χ4v) is 3.49. The standard InChI is InChI=1S/C15H16N2OS2/c1-19-14-16-12(10-20-14)13(18)17-15(7-8-15)9-11-5-3-2-4-6-11/h2-6,10H,7-9H2,1H3,(H,17,18). The first kappa shape index (κ1) is 13.6. The van der Waals surface area contributed by atoms with Crippen molar-refractivity contribution >= 4 is 29.0 Å². The molecule has 1 aliphatic rings. The first-order valence-corrected chi connectivity index (χ1v) is 8.67. The number of benzene rings is 1. The first-order valence-electron chi connectivity index (χ1n) is 6.57. The maximum atomic E-state index is 12.2. The highest BCUT2D eigenvalue weighted by atomic mass is 32.2. The molecule has 1 aliphatic carbocycles. The van der Waals surface area contributed by atoms with Gasteiger partial charge in [-0.25, -0.2) is 4.98 Å². The number of carbonyl (C=O) groups is 1. The minimum absolute atomic E-state index is 0.0463. The number of carbonyl (C=O) groups excluding carboxylic acids is 1. The molecule has 1 saturated carbocycles. The van der Waals surface area contributed by atoms with Crippen LogP contribution in [0, 0.1) is 0 Å². The largest absolute Gasteiger partial charge is 0.345 e. The summed E-state index contributed by atoms with van der Waals surface area (Å²) in [4.78, 5) is 16.6. The Morgan fingerprint density at radius 3 is 2.75 bits per heavy atom. The molecule has 2 aromatic rings. The normalized spacial score (nSPS) is 15.8. The minimum Gasteiger partial charge on any atom is -0.345 e. The van der Waals surface area contributed by atoms with Gasteiger partial charge in [0.25, 0.3) is 5.91 Å². The lowest BCUT2D eigenvalue weighted by atomic mass is 10.0. The smallest absolute Gasteiger partial charge is 0.271 e. The van der Waals surface area contributed by atoms with E-state index in [0.29, 0.717) is 5.69 Å². The van der Waals surface area contributed by atoms with E-state index in [1.807, 2.05) is 29.8 Å². The van der Waals surface area contributed by atoms with Gasteiger partial charge in [-0.2, -0.15) is 0 Å². The van der Waals surface area contributed by atoms with Gasteiger partial charge in [-0.3, -0.25) is 4.79 Å². The van der Waals surface area contributed by atoms with Crippen LogP contribution in [0.15, 0.2) is 40.1 Å². The number of hydrogen-bond acceptors (Lipinski definition) is 4. The van der Waals surface area contributed by atoms with Gasteiger partial charge in [-0.1, -0.05) is 42.1 Å². The Morgan fingerprint density at radius 2 is 2.15 bits per heavy atom. The molecule has 0 atom stereocenters. The highest BCUT2D eigenvalue weighted by molar-refractivity contribution is 8.00.